The van der Waals surface area contributed by atoms with Crippen LogP contribution >= 0.6 is 45.1 Å². The third kappa shape index (κ3) is 16.9. The van der Waals surface area contributed by atoms with Gasteiger partial charge in [0.1, 0.15) is 30.6 Å². The van der Waals surface area contributed by atoms with Gasteiger partial charge in [-0.3, -0.25) is 23.0 Å². The Hall–Kier alpha value is -3.87. The van der Waals surface area contributed by atoms with Crippen molar-refractivity contribution in [2.45, 2.75) is 124 Å². The van der Waals surface area contributed by atoms with Gasteiger partial charge < -0.3 is 45.0 Å². The SMILES string of the molecule is CCN1/C(=C/C=C/C=C/C2=[N+](CCCCCC(=O)NCC(C)(C)SSCOC3C[C@H](n4ccc(N)nc4=O)O[C@@H]3COP(=O)(O)OP(=O)(O)OP(=O)(O)O)c3ccc(S(=O)(=O)O)cc3C2(C)C)C(C)(C)c2cc(S(=O)(=O)O)ccc21. The molecule has 3 aliphatic heterocycles. The van der Waals surface area contributed by atoms with Gasteiger partial charge in [-0.1, -0.05) is 53.7 Å². The van der Waals surface area contributed by atoms with E-state index >= 15 is 0 Å². The average Bonchev–Trinajstić information content (AvgIpc) is 3.90. The summed E-state index contributed by atoms with van der Waals surface area (Å²) in [6.07, 6.45) is 9.82. The molecule has 442 valence electrons. The fourth-order valence-electron chi connectivity index (χ4n) is 9.34. The summed E-state index contributed by atoms with van der Waals surface area (Å²) in [6.45, 7) is 14.3. The van der Waals surface area contributed by atoms with Crippen LogP contribution < -0.4 is 21.6 Å². The first-order chi connectivity index (χ1) is 36.9. The molecule has 6 rings (SSSR count). The van der Waals surface area contributed by atoms with Crippen molar-refractivity contribution in [2.24, 2.45) is 0 Å². The lowest BCUT2D eigenvalue weighted by Gasteiger charge is -2.25. The van der Waals surface area contributed by atoms with E-state index in [0.29, 0.717) is 37.9 Å². The van der Waals surface area contributed by atoms with Crippen LogP contribution in [0.2, 0.25) is 0 Å². The largest absolute Gasteiger partial charge is 0.490 e. The van der Waals surface area contributed by atoms with Crippen LogP contribution in [0.25, 0.3) is 0 Å². The van der Waals surface area contributed by atoms with E-state index in [9.17, 15) is 59.0 Å². The van der Waals surface area contributed by atoms with Crippen molar-refractivity contribution in [3.63, 3.8) is 0 Å². The van der Waals surface area contributed by atoms with Crippen molar-refractivity contribution in [2.75, 3.05) is 42.8 Å². The van der Waals surface area contributed by atoms with Crippen molar-refractivity contribution in [1.82, 2.24) is 14.9 Å². The monoisotopic (exact) mass is 1260 g/mol. The van der Waals surface area contributed by atoms with Crippen molar-refractivity contribution < 1.29 is 91.2 Å². The molecule has 1 amide bonds. The summed E-state index contributed by atoms with van der Waals surface area (Å²) >= 11 is 0. The highest BCUT2D eigenvalue weighted by Crippen LogP contribution is 2.66. The summed E-state index contributed by atoms with van der Waals surface area (Å²) in [6, 6.07) is 10.4. The smallest absolute Gasteiger partial charge is 0.383 e. The quantitative estimate of drug-likeness (QED) is 0.00722. The van der Waals surface area contributed by atoms with Crippen molar-refractivity contribution in [3.8, 4) is 0 Å². The molecule has 3 aromatic rings. The number of likely N-dealkylation sites (N-methyl/N-ethyl adjacent to an activating group) is 1. The number of phosphoric ester groups is 1. The van der Waals surface area contributed by atoms with Crippen LogP contribution in [0, 0.1) is 0 Å². The Morgan fingerprint density at radius 1 is 0.925 bits per heavy atom. The number of carbonyl (C=O) groups is 1. The molecule has 0 bridgehead atoms. The first kappa shape index (κ1) is 65.3. The van der Waals surface area contributed by atoms with E-state index < -0.39 is 90.0 Å². The Morgan fingerprint density at radius 3 is 2.23 bits per heavy atom. The number of anilines is 2. The van der Waals surface area contributed by atoms with Gasteiger partial charge in [0.15, 0.2) is 5.71 Å². The highest BCUT2D eigenvalue weighted by atomic mass is 33.1. The van der Waals surface area contributed by atoms with E-state index in [-0.39, 0.29) is 46.8 Å². The molecule has 0 radical (unpaired) electrons. The molecule has 9 N–H and O–H groups in total. The molecule has 1 saturated heterocycles. The molecule has 33 heteroatoms. The number of hydrogen-bond donors (Lipinski definition) is 8. The van der Waals surface area contributed by atoms with Crippen LogP contribution in [0.5, 0.6) is 0 Å². The Bertz CT molecular complexity index is 3400. The van der Waals surface area contributed by atoms with E-state index in [1.807, 2.05) is 78.8 Å². The predicted molar refractivity (Wildman–Crippen MR) is 299 cm³/mol. The Balaban J connectivity index is 1.02. The maximum Gasteiger partial charge on any atom is 0.490 e. The number of allylic oxidation sites excluding steroid dienone is 6. The summed E-state index contributed by atoms with van der Waals surface area (Å²) in [7, 11) is -23.2. The Morgan fingerprint density at radius 2 is 1.59 bits per heavy atom. The molecule has 1 aromatic heterocycles. The van der Waals surface area contributed by atoms with E-state index in [0.717, 1.165) is 32.9 Å². The number of hydrogen-bond acceptors (Lipinski definition) is 19. The number of ether oxygens (including phenoxy) is 2. The van der Waals surface area contributed by atoms with Crippen LogP contribution in [-0.4, -0.2) is 120 Å². The average molecular weight is 1260 g/mol. The number of phosphoric acid groups is 3. The minimum Gasteiger partial charge on any atom is -0.383 e. The van der Waals surface area contributed by atoms with Gasteiger partial charge >= 0.3 is 29.2 Å². The number of aromatic nitrogens is 2. The van der Waals surface area contributed by atoms with Gasteiger partial charge in [0.2, 0.25) is 11.6 Å². The number of fused-ring (bicyclic) bond motifs is 2. The summed E-state index contributed by atoms with van der Waals surface area (Å²) in [5.41, 5.74) is 8.44. The molecular formula is C47H66N6O20P3S4+. The number of nitrogens with zero attached hydrogens (tertiary/aromatic N) is 4. The highest BCUT2D eigenvalue weighted by molar-refractivity contribution is 8.77. The van der Waals surface area contributed by atoms with Crippen molar-refractivity contribution in [3.05, 3.63) is 106 Å². The third-order valence-corrected chi connectivity index (χ3v) is 21.6. The van der Waals surface area contributed by atoms with Crippen LogP contribution in [-0.2, 0) is 72.2 Å². The van der Waals surface area contributed by atoms with Gasteiger partial charge in [0.25, 0.3) is 20.2 Å². The lowest BCUT2D eigenvalue weighted by atomic mass is 9.81. The molecule has 3 aliphatic rings. The molecule has 2 aromatic carbocycles. The number of nitrogens with one attached hydrogen (secondary N) is 1. The van der Waals surface area contributed by atoms with Crippen molar-refractivity contribution >= 4 is 94.1 Å². The molecule has 5 atom stereocenters. The standard InChI is InChI=1S/C47H65N6O20P3S4/c1-8-51-35-20-18-31(79(63,64)65)25-33(35)46(4,5)39(51)15-11-9-12-16-40-47(6,7)34-26-32(80(66,67)68)19-21-36(34)52(40)23-14-10-13-17-42(54)49-29-45(2,3)78-77-30-69-37-27-43(53-24-22-41(48)50-44(53)55)71-38(37)28-70-75(59,60)73-76(61,62)72-74(56,57)58/h9,11-12,15-16,18-22,24-26,37-38,43H,8,10,13-14,17,23,27-30H2,1-7H3,(H8-,48,49,50,54,55,56,57,58,59,60,61,62,63,64,65,66,67,68)/p+1/t37?,38-,43-/m1/s1. The topological polar surface area (TPSA) is 383 Å². The summed E-state index contributed by atoms with van der Waals surface area (Å²) < 4.78 is 130. The third-order valence-electron chi connectivity index (χ3n) is 13.1. The second kappa shape index (κ2) is 25.5. The van der Waals surface area contributed by atoms with Crippen LogP contribution in [0.1, 0.15) is 97.9 Å². The lowest BCUT2D eigenvalue weighted by molar-refractivity contribution is -0.438. The number of nitrogens with two attached hydrogens (primary N) is 1. The molecular weight excluding hydrogens is 1190 g/mol. The highest BCUT2D eigenvalue weighted by Gasteiger charge is 2.46. The summed E-state index contributed by atoms with van der Waals surface area (Å²) in [4.78, 5) is 68.3. The van der Waals surface area contributed by atoms with Gasteiger partial charge in [-0.05, 0) is 95.5 Å². The fraction of sp³-hybridized carbons (Fsp3) is 0.489. The molecule has 26 nitrogen and oxygen atoms in total. The Kier molecular flexibility index (Phi) is 20.8. The number of benzene rings is 2. The Labute approximate surface area is 471 Å². The first-order valence-electron chi connectivity index (χ1n) is 24.6. The molecule has 3 unspecified atom stereocenters. The van der Waals surface area contributed by atoms with E-state index in [1.54, 1.807) is 12.1 Å². The molecule has 0 saturated carbocycles. The molecule has 0 aliphatic carbocycles. The van der Waals surface area contributed by atoms with Crippen molar-refractivity contribution in [1.29, 1.82) is 0 Å². The summed E-state index contributed by atoms with van der Waals surface area (Å²) in [5.74, 6) is -0.239. The normalized spacial score (nSPS) is 21.3. The van der Waals surface area contributed by atoms with Crippen LogP contribution in [0.3, 0.4) is 0 Å². The fourth-order valence-corrected chi connectivity index (χ4v) is 15.6. The summed E-state index contributed by atoms with van der Waals surface area (Å²) in [5, 5.41) is 2.97. The number of nitrogen functional groups attached to an aromatic ring is 1. The molecule has 80 heavy (non-hydrogen) atoms. The maximum atomic E-state index is 13.1. The van der Waals surface area contributed by atoms with Crippen LogP contribution in [0.15, 0.2) is 99.3 Å². The molecule has 1 fully saturated rings. The van der Waals surface area contributed by atoms with Gasteiger partial charge in [0, 0.05) is 77.8 Å². The maximum absolute atomic E-state index is 13.1. The second-order valence-electron chi connectivity index (χ2n) is 20.3. The van der Waals surface area contributed by atoms with E-state index in [1.165, 1.54) is 58.1 Å². The van der Waals surface area contributed by atoms with E-state index in [4.69, 9.17) is 29.5 Å². The lowest BCUT2D eigenvalue weighted by Crippen LogP contribution is -2.35. The van der Waals surface area contributed by atoms with Gasteiger partial charge in [-0.2, -0.15) is 35.0 Å². The van der Waals surface area contributed by atoms with Crippen LogP contribution in [0.4, 0.5) is 17.2 Å². The zero-order valence-corrected chi connectivity index (χ0v) is 50.5. The molecule has 0 spiro atoms. The molecule has 4 heterocycles. The zero-order valence-electron chi connectivity index (χ0n) is 44.5. The van der Waals surface area contributed by atoms with Gasteiger partial charge in [0.05, 0.1) is 27.9 Å². The number of rotatable bonds is 27. The van der Waals surface area contributed by atoms with Gasteiger partial charge in [-0.15, -0.1) is 0 Å². The minimum atomic E-state index is -5.79. The van der Waals surface area contributed by atoms with E-state index in [2.05, 4.69) is 28.4 Å². The number of carbonyl (C=O) groups excluding carboxylic acids is 1. The number of unbranched alkanes of at least 4 members (excludes halogenated alkanes) is 2. The minimum absolute atomic E-state index is 0.00786. The van der Waals surface area contributed by atoms with Gasteiger partial charge in [-0.25, -0.2) is 18.5 Å². The number of amides is 1. The predicted octanol–water partition coefficient (Wildman–Crippen LogP) is 7.02. The first-order valence-corrected chi connectivity index (χ1v) is 34.4. The second-order valence-corrected chi connectivity index (χ2v) is 30.5. The zero-order chi connectivity index (χ0) is 59.4.